The molecule has 0 radical (unpaired) electrons. The molecule has 4 atom stereocenters. The van der Waals surface area contributed by atoms with Crippen molar-refractivity contribution in [2.45, 2.75) is 36.6 Å². The number of piperidine rings is 1. The first-order valence-corrected chi connectivity index (χ1v) is 5.42. The molecule has 1 rings (SSSR count). The Kier molecular flexibility index (Phi) is 3.56. The number of ketones is 1. The summed E-state index contributed by atoms with van der Waals surface area (Å²) in [5, 5.41) is 3.06. The number of alkyl halides is 2. The molecule has 1 N–H and O–H groups in total. The van der Waals surface area contributed by atoms with E-state index in [9.17, 15) is 4.79 Å². The first kappa shape index (κ1) is 10.5. The van der Waals surface area contributed by atoms with Gasteiger partial charge in [-0.25, -0.2) is 0 Å². The third kappa shape index (κ3) is 2.21. The lowest BCUT2D eigenvalue weighted by atomic mass is 9.92. The molecule has 2 nitrogen and oxygen atoms in total. The van der Waals surface area contributed by atoms with Crippen LogP contribution in [0.3, 0.4) is 0 Å². The van der Waals surface area contributed by atoms with E-state index in [0.29, 0.717) is 5.92 Å². The summed E-state index contributed by atoms with van der Waals surface area (Å²) in [7, 11) is 0. The Labute approximate surface area is 86.2 Å². The molecule has 0 spiro atoms. The van der Waals surface area contributed by atoms with Crippen molar-refractivity contribution in [1.82, 2.24) is 5.32 Å². The molecular formula is C8H13BrClNO. The summed E-state index contributed by atoms with van der Waals surface area (Å²) in [4.78, 5) is 11.4. The largest absolute Gasteiger partial charge is 0.298 e. The van der Waals surface area contributed by atoms with Crippen LogP contribution in [0.2, 0.25) is 0 Å². The third-order valence-corrected chi connectivity index (χ3v) is 3.97. The van der Waals surface area contributed by atoms with Gasteiger partial charge in [-0.1, -0.05) is 22.9 Å². The number of halogens is 2. The summed E-state index contributed by atoms with van der Waals surface area (Å²) in [6.45, 7) is 3.69. The van der Waals surface area contributed by atoms with Crippen molar-refractivity contribution >= 4 is 33.3 Å². The molecule has 1 fully saturated rings. The van der Waals surface area contributed by atoms with Gasteiger partial charge in [0.1, 0.15) is 5.78 Å². The summed E-state index contributed by atoms with van der Waals surface area (Å²) < 4.78 is 0. The molecule has 0 aromatic rings. The lowest BCUT2D eigenvalue weighted by Gasteiger charge is -2.35. The summed E-state index contributed by atoms with van der Waals surface area (Å²) >= 11 is 9.44. The quantitative estimate of drug-likeness (QED) is 0.572. The van der Waals surface area contributed by atoms with Gasteiger partial charge in [-0.2, -0.15) is 0 Å². The third-order valence-electron chi connectivity index (χ3n) is 2.24. The van der Waals surface area contributed by atoms with E-state index in [1.165, 1.54) is 0 Å². The normalized spacial score (nSPS) is 42.7. The predicted molar refractivity (Wildman–Crippen MR) is 53.7 cm³/mol. The van der Waals surface area contributed by atoms with Crippen LogP contribution in [0.4, 0.5) is 0 Å². The average Bonchev–Trinajstić information content (AvgIpc) is 1.96. The van der Waals surface area contributed by atoms with Crippen LogP contribution in [0.25, 0.3) is 0 Å². The minimum Gasteiger partial charge on any atom is -0.298 e. The smallest absolute Gasteiger partial charge is 0.147 e. The van der Waals surface area contributed by atoms with Gasteiger partial charge >= 0.3 is 0 Å². The van der Waals surface area contributed by atoms with Crippen molar-refractivity contribution in [3.05, 3.63) is 0 Å². The molecule has 0 bridgehead atoms. The van der Waals surface area contributed by atoms with Crippen LogP contribution in [0, 0.1) is 5.92 Å². The maximum Gasteiger partial charge on any atom is 0.147 e. The van der Waals surface area contributed by atoms with E-state index in [1.807, 2.05) is 0 Å². The highest BCUT2D eigenvalue weighted by Gasteiger charge is 2.34. The summed E-state index contributed by atoms with van der Waals surface area (Å²) in [6, 6.07) is -0.128. The highest BCUT2D eigenvalue weighted by atomic mass is 79.9. The Morgan fingerprint density at radius 3 is 2.75 bits per heavy atom. The first-order chi connectivity index (χ1) is 5.52. The number of nitrogens with one attached hydrogen (secondary N) is 1. The fourth-order valence-electron chi connectivity index (χ4n) is 1.48. The second-order valence-corrected chi connectivity index (χ2v) is 4.96. The van der Waals surface area contributed by atoms with Gasteiger partial charge in [0.05, 0.1) is 11.5 Å². The molecule has 70 valence electrons. The van der Waals surface area contributed by atoms with Gasteiger partial charge < -0.3 is 0 Å². The molecule has 1 aliphatic heterocycles. The van der Waals surface area contributed by atoms with Gasteiger partial charge in [0.15, 0.2) is 0 Å². The Morgan fingerprint density at radius 1 is 1.67 bits per heavy atom. The average molecular weight is 255 g/mol. The van der Waals surface area contributed by atoms with Gasteiger partial charge in [0, 0.05) is 4.83 Å². The van der Waals surface area contributed by atoms with Crippen molar-refractivity contribution in [2.24, 2.45) is 5.92 Å². The molecule has 12 heavy (non-hydrogen) atoms. The van der Waals surface area contributed by atoms with Crippen molar-refractivity contribution in [2.75, 3.05) is 0 Å². The topological polar surface area (TPSA) is 29.1 Å². The zero-order chi connectivity index (χ0) is 9.30. The van der Waals surface area contributed by atoms with Gasteiger partial charge in [-0.15, -0.1) is 11.6 Å². The highest BCUT2D eigenvalue weighted by Crippen LogP contribution is 2.28. The second kappa shape index (κ2) is 4.07. The lowest BCUT2D eigenvalue weighted by molar-refractivity contribution is -0.119. The first-order valence-electron chi connectivity index (χ1n) is 4.07. The maximum absolute atomic E-state index is 11.1. The zero-order valence-electron chi connectivity index (χ0n) is 7.18. The second-order valence-electron chi connectivity index (χ2n) is 3.38. The lowest BCUT2D eigenvalue weighted by Crippen LogP contribution is -2.53. The standard InChI is InChI=1S/C8H13BrClNO/c1-4-3-6(10)11-8(5(2)12)7(4)9/h4,6-8,11H,3H2,1-2H3. The SMILES string of the molecule is CC(=O)C1NC(Cl)CC(C)C1Br. The molecule has 0 aromatic heterocycles. The molecule has 0 amide bonds. The minimum atomic E-state index is -0.128. The van der Waals surface area contributed by atoms with Crippen molar-refractivity contribution in [3.63, 3.8) is 0 Å². The van der Waals surface area contributed by atoms with Crippen LogP contribution in [-0.2, 0) is 4.79 Å². The number of hydrogen-bond donors (Lipinski definition) is 1. The van der Waals surface area contributed by atoms with Gasteiger partial charge in [0.25, 0.3) is 0 Å². The molecule has 4 unspecified atom stereocenters. The molecule has 1 aliphatic rings. The molecule has 0 saturated carbocycles. The summed E-state index contributed by atoms with van der Waals surface area (Å²) in [5.41, 5.74) is -0.0669. The summed E-state index contributed by atoms with van der Waals surface area (Å²) in [6.07, 6.45) is 0.904. The van der Waals surface area contributed by atoms with E-state index >= 15 is 0 Å². The van der Waals surface area contributed by atoms with Crippen molar-refractivity contribution in [3.8, 4) is 0 Å². The predicted octanol–water partition coefficient (Wildman–Crippen LogP) is 1.90. The molecule has 4 heteroatoms. The van der Waals surface area contributed by atoms with Crippen LogP contribution >= 0.6 is 27.5 Å². The van der Waals surface area contributed by atoms with Crippen LogP contribution in [0.15, 0.2) is 0 Å². The Morgan fingerprint density at radius 2 is 2.25 bits per heavy atom. The van der Waals surface area contributed by atoms with Crippen LogP contribution < -0.4 is 5.32 Å². The number of Topliss-reactive ketones (excluding diaryl/α,β-unsaturated/α-hetero) is 1. The fraction of sp³-hybridized carbons (Fsp3) is 0.875. The van der Waals surface area contributed by atoms with E-state index in [-0.39, 0.29) is 22.2 Å². The van der Waals surface area contributed by atoms with Crippen LogP contribution in [-0.4, -0.2) is 22.2 Å². The van der Waals surface area contributed by atoms with Crippen molar-refractivity contribution < 1.29 is 4.79 Å². The van der Waals surface area contributed by atoms with Crippen LogP contribution in [0.5, 0.6) is 0 Å². The Bertz CT molecular complexity index is 188. The van der Waals surface area contributed by atoms with E-state index in [4.69, 9.17) is 11.6 Å². The molecule has 0 aliphatic carbocycles. The molecular weight excluding hydrogens is 241 g/mol. The summed E-state index contributed by atoms with van der Waals surface area (Å²) in [5.74, 6) is 0.594. The van der Waals surface area contributed by atoms with Gasteiger partial charge in [0.2, 0.25) is 0 Å². The maximum atomic E-state index is 11.1. The van der Waals surface area contributed by atoms with E-state index in [0.717, 1.165) is 6.42 Å². The Hall–Kier alpha value is 0.400. The molecule has 1 saturated heterocycles. The zero-order valence-corrected chi connectivity index (χ0v) is 9.52. The number of hydrogen-bond acceptors (Lipinski definition) is 2. The van der Waals surface area contributed by atoms with E-state index < -0.39 is 0 Å². The Balaban J connectivity index is 2.66. The van der Waals surface area contributed by atoms with Gasteiger partial charge in [-0.05, 0) is 19.3 Å². The minimum absolute atomic E-state index is 0.0669. The molecule has 1 heterocycles. The van der Waals surface area contributed by atoms with E-state index in [2.05, 4.69) is 28.2 Å². The fourth-order valence-corrected chi connectivity index (χ4v) is 2.64. The highest BCUT2D eigenvalue weighted by molar-refractivity contribution is 9.09. The monoisotopic (exact) mass is 253 g/mol. The van der Waals surface area contributed by atoms with Gasteiger partial charge in [-0.3, -0.25) is 10.1 Å². The number of carbonyl (C=O) groups is 1. The van der Waals surface area contributed by atoms with Crippen LogP contribution in [0.1, 0.15) is 20.3 Å². The number of carbonyl (C=O) groups excluding carboxylic acids is 1. The van der Waals surface area contributed by atoms with E-state index in [1.54, 1.807) is 6.92 Å². The molecule has 0 aromatic carbocycles. The number of rotatable bonds is 1. The van der Waals surface area contributed by atoms with Crippen molar-refractivity contribution in [1.29, 1.82) is 0 Å².